The third kappa shape index (κ3) is 2.36. The summed E-state index contributed by atoms with van der Waals surface area (Å²) in [6.07, 6.45) is 2.30. The van der Waals surface area contributed by atoms with Gasteiger partial charge in [0.2, 0.25) is 0 Å². The highest BCUT2D eigenvalue weighted by Gasteiger charge is 2.41. The first-order valence-electron chi connectivity index (χ1n) is 6.06. The van der Waals surface area contributed by atoms with Gasteiger partial charge in [0.1, 0.15) is 11.5 Å². The fraction of sp³-hybridized carbons (Fsp3) is 0.615. The number of furan rings is 1. The lowest BCUT2D eigenvalue weighted by atomic mass is 9.95. The topological polar surface area (TPSA) is 68.3 Å². The molecule has 4 nitrogen and oxygen atoms in total. The quantitative estimate of drug-likeness (QED) is 0.837. The Bertz CT molecular complexity index is 435. The standard InChI is InChI=1S/C13H20N2O2/c1-8-6-11(9(2)17-8)12(16)15-13(3,7-14)10-4-5-10/h6,10H,4-5,7,14H2,1-3H3,(H,15,16). The largest absolute Gasteiger partial charge is 0.466 e. The Hall–Kier alpha value is -1.29. The van der Waals surface area contributed by atoms with Crippen LogP contribution in [0.15, 0.2) is 10.5 Å². The first-order chi connectivity index (χ1) is 7.96. The van der Waals surface area contributed by atoms with Crippen molar-refractivity contribution in [3.8, 4) is 0 Å². The number of rotatable bonds is 4. The molecule has 1 aliphatic rings. The van der Waals surface area contributed by atoms with Crippen LogP contribution in [0.3, 0.4) is 0 Å². The summed E-state index contributed by atoms with van der Waals surface area (Å²) in [6, 6.07) is 1.77. The second-order valence-electron chi connectivity index (χ2n) is 5.18. The van der Waals surface area contributed by atoms with Crippen LogP contribution in [0.2, 0.25) is 0 Å². The molecule has 0 radical (unpaired) electrons. The number of carbonyl (C=O) groups excluding carboxylic acids is 1. The third-order valence-electron chi connectivity index (χ3n) is 3.59. The second kappa shape index (κ2) is 4.18. The zero-order valence-corrected chi connectivity index (χ0v) is 10.7. The van der Waals surface area contributed by atoms with Crippen LogP contribution >= 0.6 is 0 Å². The van der Waals surface area contributed by atoms with Crippen molar-refractivity contribution >= 4 is 5.91 Å². The first-order valence-corrected chi connectivity index (χ1v) is 6.06. The Morgan fingerprint density at radius 2 is 2.24 bits per heavy atom. The summed E-state index contributed by atoms with van der Waals surface area (Å²) < 4.78 is 5.37. The minimum atomic E-state index is -0.283. The van der Waals surface area contributed by atoms with Crippen LogP contribution in [-0.2, 0) is 0 Å². The lowest BCUT2D eigenvalue weighted by molar-refractivity contribution is 0.0896. The predicted octanol–water partition coefficient (Wildman–Crippen LogP) is 1.75. The van der Waals surface area contributed by atoms with Crippen molar-refractivity contribution in [1.29, 1.82) is 0 Å². The van der Waals surface area contributed by atoms with E-state index >= 15 is 0 Å². The molecule has 0 aromatic carbocycles. The SMILES string of the molecule is Cc1cc(C(=O)NC(C)(CN)C2CC2)c(C)o1. The number of amides is 1. The summed E-state index contributed by atoms with van der Waals surface area (Å²) in [5, 5.41) is 3.05. The maximum absolute atomic E-state index is 12.2. The van der Waals surface area contributed by atoms with Crippen molar-refractivity contribution in [3.05, 3.63) is 23.2 Å². The molecule has 0 aliphatic heterocycles. The molecular weight excluding hydrogens is 216 g/mol. The van der Waals surface area contributed by atoms with Crippen LogP contribution in [0.5, 0.6) is 0 Å². The van der Waals surface area contributed by atoms with Crippen molar-refractivity contribution in [2.24, 2.45) is 11.7 Å². The molecule has 1 unspecified atom stereocenters. The van der Waals surface area contributed by atoms with E-state index in [0.717, 1.165) is 18.6 Å². The summed E-state index contributed by atoms with van der Waals surface area (Å²) in [5.74, 6) is 1.85. The first kappa shape index (κ1) is 12.2. The van der Waals surface area contributed by atoms with Crippen molar-refractivity contribution < 1.29 is 9.21 Å². The Balaban J connectivity index is 2.13. The predicted molar refractivity (Wildman–Crippen MR) is 65.8 cm³/mol. The highest BCUT2D eigenvalue weighted by Crippen LogP contribution is 2.39. The molecule has 1 heterocycles. The minimum Gasteiger partial charge on any atom is -0.466 e. The second-order valence-corrected chi connectivity index (χ2v) is 5.18. The number of carbonyl (C=O) groups is 1. The fourth-order valence-electron chi connectivity index (χ4n) is 2.22. The summed E-state index contributed by atoms with van der Waals surface area (Å²) in [4.78, 5) is 12.2. The van der Waals surface area contributed by atoms with Crippen LogP contribution in [0.25, 0.3) is 0 Å². The smallest absolute Gasteiger partial charge is 0.255 e. The van der Waals surface area contributed by atoms with E-state index in [1.807, 2.05) is 13.8 Å². The van der Waals surface area contributed by atoms with E-state index < -0.39 is 0 Å². The lowest BCUT2D eigenvalue weighted by Gasteiger charge is -2.29. The van der Waals surface area contributed by atoms with Gasteiger partial charge in [0, 0.05) is 6.54 Å². The van der Waals surface area contributed by atoms with E-state index in [9.17, 15) is 4.79 Å². The monoisotopic (exact) mass is 236 g/mol. The molecule has 17 heavy (non-hydrogen) atoms. The Morgan fingerprint density at radius 1 is 1.59 bits per heavy atom. The number of aryl methyl sites for hydroxylation is 2. The fourth-order valence-corrected chi connectivity index (χ4v) is 2.22. The van der Waals surface area contributed by atoms with Gasteiger partial charge >= 0.3 is 0 Å². The average Bonchev–Trinajstić information content (AvgIpc) is 3.05. The van der Waals surface area contributed by atoms with E-state index in [2.05, 4.69) is 5.32 Å². The van der Waals surface area contributed by atoms with Crippen LogP contribution in [0.4, 0.5) is 0 Å². The van der Waals surface area contributed by atoms with Crippen LogP contribution in [0, 0.1) is 19.8 Å². The van der Waals surface area contributed by atoms with Gasteiger partial charge in [-0.2, -0.15) is 0 Å². The summed E-state index contributed by atoms with van der Waals surface area (Å²) >= 11 is 0. The lowest BCUT2D eigenvalue weighted by Crippen LogP contribution is -2.53. The molecule has 1 aromatic rings. The maximum Gasteiger partial charge on any atom is 0.255 e. The number of hydrogen-bond donors (Lipinski definition) is 2. The van der Waals surface area contributed by atoms with Gasteiger partial charge in [-0.3, -0.25) is 4.79 Å². The number of nitrogens with two attached hydrogens (primary N) is 1. The molecule has 1 saturated carbocycles. The maximum atomic E-state index is 12.2. The third-order valence-corrected chi connectivity index (χ3v) is 3.59. The van der Waals surface area contributed by atoms with Gasteiger partial charge in [-0.25, -0.2) is 0 Å². The number of hydrogen-bond acceptors (Lipinski definition) is 3. The van der Waals surface area contributed by atoms with Crippen molar-refractivity contribution in [3.63, 3.8) is 0 Å². The molecule has 2 rings (SSSR count). The van der Waals surface area contributed by atoms with Crippen molar-refractivity contribution in [2.75, 3.05) is 6.54 Å². The Kier molecular flexibility index (Phi) is 3.00. The average molecular weight is 236 g/mol. The molecule has 1 aromatic heterocycles. The number of nitrogens with one attached hydrogen (secondary N) is 1. The zero-order valence-electron chi connectivity index (χ0n) is 10.7. The molecule has 1 atom stereocenters. The normalized spacial score (nSPS) is 18.8. The van der Waals surface area contributed by atoms with Gasteiger partial charge in [0.25, 0.3) is 5.91 Å². The molecule has 94 valence electrons. The summed E-state index contributed by atoms with van der Waals surface area (Å²) in [5.41, 5.74) is 6.11. The highest BCUT2D eigenvalue weighted by atomic mass is 16.3. The molecule has 0 bridgehead atoms. The Labute approximate surface area is 102 Å². The van der Waals surface area contributed by atoms with Crippen LogP contribution in [-0.4, -0.2) is 18.0 Å². The van der Waals surface area contributed by atoms with E-state index in [1.54, 1.807) is 13.0 Å². The van der Waals surface area contributed by atoms with Gasteiger partial charge in [-0.1, -0.05) is 0 Å². The zero-order chi connectivity index (χ0) is 12.6. The summed E-state index contributed by atoms with van der Waals surface area (Å²) in [6.45, 7) is 6.13. The van der Waals surface area contributed by atoms with Crippen molar-refractivity contribution in [2.45, 2.75) is 39.2 Å². The molecule has 1 fully saturated rings. The molecule has 1 aliphatic carbocycles. The van der Waals surface area contributed by atoms with Crippen LogP contribution in [0.1, 0.15) is 41.6 Å². The molecule has 3 N–H and O–H groups in total. The summed E-state index contributed by atoms with van der Waals surface area (Å²) in [7, 11) is 0. The molecule has 4 heteroatoms. The van der Waals surface area contributed by atoms with Gasteiger partial charge in [0.15, 0.2) is 0 Å². The van der Waals surface area contributed by atoms with E-state index in [-0.39, 0.29) is 11.4 Å². The molecular formula is C13H20N2O2. The van der Waals surface area contributed by atoms with Gasteiger partial charge in [-0.15, -0.1) is 0 Å². The van der Waals surface area contributed by atoms with Gasteiger partial charge in [0.05, 0.1) is 11.1 Å². The molecule has 0 saturated heterocycles. The van der Waals surface area contributed by atoms with E-state index in [1.165, 1.54) is 0 Å². The van der Waals surface area contributed by atoms with Crippen molar-refractivity contribution in [1.82, 2.24) is 5.32 Å². The Morgan fingerprint density at radius 3 is 2.65 bits per heavy atom. The minimum absolute atomic E-state index is 0.0841. The molecule has 1 amide bonds. The van der Waals surface area contributed by atoms with Gasteiger partial charge in [-0.05, 0) is 45.6 Å². The van der Waals surface area contributed by atoms with Crippen LogP contribution < -0.4 is 11.1 Å². The van der Waals surface area contributed by atoms with E-state index in [4.69, 9.17) is 10.2 Å². The van der Waals surface area contributed by atoms with E-state index in [0.29, 0.717) is 23.8 Å². The molecule has 0 spiro atoms. The van der Waals surface area contributed by atoms with Gasteiger partial charge < -0.3 is 15.5 Å². The highest BCUT2D eigenvalue weighted by molar-refractivity contribution is 5.95.